The predicted molar refractivity (Wildman–Crippen MR) is 88.4 cm³/mol. The van der Waals surface area contributed by atoms with Crippen LogP contribution in [0, 0.1) is 0 Å². The maximum absolute atomic E-state index is 13.0. The average Bonchev–Trinajstić information content (AvgIpc) is 2.53. The minimum atomic E-state index is -4.59. The van der Waals surface area contributed by atoms with Crippen LogP contribution in [0.1, 0.15) is 25.0 Å². The van der Waals surface area contributed by atoms with Crippen molar-refractivity contribution in [3.8, 4) is 0 Å². The number of aliphatic imine (C=N–C) groups is 2. The Morgan fingerprint density at radius 2 is 0.923 bits per heavy atom. The Labute approximate surface area is 145 Å². The van der Waals surface area contributed by atoms with Gasteiger partial charge in [0, 0.05) is 0 Å². The number of benzene rings is 2. The molecule has 0 aliphatic carbocycles. The molecular formula is C18H14F6N2. The van der Waals surface area contributed by atoms with Gasteiger partial charge in [0.15, 0.2) is 0 Å². The van der Waals surface area contributed by atoms with Crippen molar-refractivity contribution in [3.05, 3.63) is 59.7 Å². The van der Waals surface area contributed by atoms with Gasteiger partial charge < -0.3 is 0 Å². The quantitative estimate of drug-likeness (QED) is 0.428. The minimum absolute atomic E-state index is 0.0821. The zero-order chi connectivity index (χ0) is 19.5. The van der Waals surface area contributed by atoms with Crippen LogP contribution in [0.5, 0.6) is 0 Å². The van der Waals surface area contributed by atoms with Crippen molar-refractivity contribution in [2.75, 3.05) is 0 Å². The molecule has 0 aliphatic heterocycles. The number of hydrogen-bond acceptors (Lipinski definition) is 2. The van der Waals surface area contributed by atoms with Crippen molar-refractivity contribution < 1.29 is 26.3 Å². The molecular weight excluding hydrogens is 358 g/mol. The van der Waals surface area contributed by atoms with Gasteiger partial charge in [-0.15, -0.1) is 0 Å². The average molecular weight is 372 g/mol. The third kappa shape index (κ3) is 4.71. The minimum Gasteiger partial charge on any atom is -0.251 e. The number of hydrogen-bond donors (Lipinski definition) is 0. The van der Waals surface area contributed by atoms with E-state index in [1.54, 1.807) is 0 Å². The Balaban J connectivity index is 2.45. The van der Waals surface area contributed by atoms with Gasteiger partial charge in [-0.1, -0.05) is 24.3 Å². The lowest BCUT2D eigenvalue weighted by Crippen LogP contribution is -2.09. The van der Waals surface area contributed by atoms with Gasteiger partial charge in [0.2, 0.25) is 0 Å². The molecule has 0 atom stereocenters. The fourth-order valence-electron chi connectivity index (χ4n) is 2.14. The fraction of sp³-hybridized carbons (Fsp3) is 0.222. The van der Waals surface area contributed by atoms with E-state index in [-0.39, 0.29) is 22.8 Å². The third-order valence-electron chi connectivity index (χ3n) is 3.52. The summed E-state index contributed by atoms with van der Waals surface area (Å²) >= 11 is 0. The molecule has 0 saturated carbocycles. The summed E-state index contributed by atoms with van der Waals surface area (Å²) in [5.74, 6) is 0. The van der Waals surface area contributed by atoms with Crippen LogP contribution in [0.25, 0.3) is 0 Å². The van der Waals surface area contributed by atoms with Gasteiger partial charge in [-0.2, -0.15) is 26.3 Å². The van der Waals surface area contributed by atoms with Gasteiger partial charge >= 0.3 is 12.4 Å². The molecule has 2 rings (SSSR count). The highest BCUT2D eigenvalue weighted by atomic mass is 19.4. The maximum atomic E-state index is 13.0. The van der Waals surface area contributed by atoms with E-state index in [0.29, 0.717) is 0 Å². The van der Waals surface area contributed by atoms with Gasteiger partial charge in [0.05, 0.1) is 33.9 Å². The van der Waals surface area contributed by atoms with Crippen LogP contribution in [0.2, 0.25) is 0 Å². The molecule has 0 saturated heterocycles. The van der Waals surface area contributed by atoms with Crippen LogP contribution < -0.4 is 0 Å². The van der Waals surface area contributed by atoms with Crippen molar-refractivity contribution in [3.63, 3.8) is 0 Å². The van der Waals surface area contributed by atoms with E-state index >= 15 is 0 Å². The molecule has 0 aromatic heterocycles. The molecule has 26 heavy (non-hydrogen) atoms. The topological polar surface area (TPSA) is 24.7 Å². The summed E-state index contributed by atoms with van der Waals surface area (Å²) < 4.78 is 78.0. The first-order valence-electron chi connectivity index (χ1n) is 7.43. The summed E-state index contributed by atoms with van der Waals surface area (Å²) in [4.78, 5) is 7.80. The molecule has 0 heterocycles. The number of alkyl halides is 6. The van der Waals surface area contributed by atoms with E-state index in [2.05, 4.69) is 9.98 Å². The molecule has 138 valence electrons. The molecule has 0 spiro atoms. The summed E-state index contributed by atoms with van der Waals surface area (Å²) in [6.07, 6.45) is -9.18. The highest BCUT2D eigenvalue weighted by molar-refractivity contribution is 6.41. The zero-order valence-electron chi connectivity index (χ0n) is 13.8. The van der Waals surface area contributed by atoms with Crippen LogP contribution in [0.15, 0.2) is 58.5 Å². The SMILES string of the molecule is CC(=N\c1ccccc1C(F)(F)F)/C(C)=N/c1ccccc1C(F)(F)F. The monoisotopic (exact) mass is 372 g/mol. The van der Waals surface area contributed by atoms with Crippen LogP contribution in [0.4, 0.5) is 37.7 Å². The van der Waals surface area contributed by atoms with Crippen molar-refractivity contribution in [2.24, 2.45) is 9.98 Å². The number of nitrogens with zero attached hydrogens (tertiary/aromatic N) is 2. The molecule has 2 nitrogen and oxygen atoms in total. The van der Waals surface area contributed by atoms with Crippen LogP contribution >= 0.6 is 0 Å². The summed E-state index contributed by atoms with van der Waals surface area (Å²) in [7, 11) is 0. The van der Waals surface area contributed by atoms with Crippen LogP contribution in [-0.4, -0.2) is 11.4 Å². The molecule has 0 unspecified atom stereocenters. The van der Waals surface area contributed by atoms with Crippen molar-refractivity contribution in [1.29, 1.82) is 0 Å². The largest absolute Gasteiger partial charge is 0.418 e. The summed E-state index contributed by atoms with van der Waals surface area (Å²) in [6, 6.07) is 9.40. The van der Waals surface area contributed by atoms with E-state index in [4.69, 9.17) is 0 Å². The summed E-state index contributed by atoms with van der Waals surface area (Å²) in [6.45, 7) is 2.78. The van der Waals surface area contributed by atoms with Gasteiger partial charge in [0.1, 0.15) is 0 Å². The van der Waals surface area contributed by atoms with E-state index < -0.39 is 23.5 Å². The van der Waals surface area contributed by atoms with Gasteiger partial charge in [-0.05, 0) is 38.1 Å². The van der Waals surface area contributed by atoms with E-state index in [9.17, 15) is 26.3 Å². The Hall–Kier alpha value is -2.64. The second-order valence-electron chi connectivity index (χ2n) is 5.42. The lowest BCUT2D eigenvalue weighted by molar-refractivity contribution is -0.137. The molecule has 0 fully saturated rings. The first kappa shape index (κ1) is 19.7. The zero-order valence-corrected chi connectivity index (χ0v) is 13.8. The predicted octanol–water partition coefficient (Wildman–Crippen LogP) is 6.61. The number of para-hydroxylation sites is 2. The standard InChI is InChI=1S/C18H14F6N2/c1-11(25-15-9-5-3-7-13(15)17(19,20)21)12(2)26-16-10-6-4-8-14(16)18(22,23)24/h3-10H,1-2H3/b25-11+,26-12+. The fourth-order valence-corrected chi connectivity index (χ4v) is 2.14. The molecule has 0 radical (unpaired) electrons. The Bertz CT molecular complexity index is 776. The van der Waals surface area contributed by atoms with Crippen molar-refractivity contribution >= 4 is 22.8 Å². The third-order valence-corrected chi connectivity index (χ3v) is 3.52. The van der Waals surface area contributed by atoms with Gasteiger partial charge in [-0.3, -0.25) is 9.98 Å². The first-order valence-corrected chi connectivity index (χ1v) is 7.43. The maximum Gasteiger partial charge on any atom is 0.418 e. The molecule has 8 heteroatoms. The van der Waals surface area contributed by atoms with E-state index in [1.165, 1.54) is 50.2 Å². The van der Waals surface area contributed by atoms with Gasteiger partial charge in [0.25, 0.3) is 0 Å². The van der Waals surface area contributed by atoms with Crippen LogP contribution in [-0.2, 0) is 12.4 Å². The highest BCUT2D eigenvalue weighted by Crippen LogP contribution is 2.37. The van der Waals surface area contributed by atoms with Crippen molar-refractivity contribution in [2.45, 2.75) is 26.2 Å². The Kier molecular flexibility index (Phi) is 5.53. The number of halogens is 6. The van der Waals surface area contributed by atoms with Crippen molar-refractivity contribution in [1.82, 2.24) is 0 Å². The molecule has 0 bridgehead atoms. The van der Waals surface area contributed by atoms with Gasteiger partial charge in [-0.25, -0.2) is 0 Å². The number of rotatable bonds is 3. The molecule has 0 amide bonds. The van der Waals surface area contributed by atoms with E-state index in [1.807, 2.05) is 0 Å². The van der Waals surface area contributed by atoms with Crippen LogP contribution in [0.3, 0.4) is 0 Å². The summed E-state index contributed by atoms with van der Waals surface area (Å²) in [5, 5.41) is 0. The molecule has 0 aliphatic rings. The second-order valence-corrected chi connectivity index (χ2v) is 5.42. The molecule has 2 aromatic carbocycles. The second kappa shape index (κ2) is 7.31. The summed E-state index contributed by atoms with van der Waals surface area (Å²) in [5.41, 5.74) is -2.34. The lowest BCUT2D eigenvalue weighted by Gasteiger charge is -2.11. The Morgan fingerprint density at radius 3 is 1.23 bits per heavy atom. The molecule has 2 aromatic rings. The normalized spacial score (nSPS) is 13.8. The Morgan fingerprint density at radius 1 is 0.615 bits per heavy atom. The lowest BCUT2D eigenvalue weighted by atomic mass is 10.1. The van der Waals surface area contributed by atoms with E-state index in [0.717, 1.165) is 12.1 Å². The smallest absolute Gasteiger partial charge is 0.251 e. The molecule has 0 N–H and O–H groups in total. The first-order chi connectivity index (χ1) is 12.0. The highest BCUT2D eigenvalue weighted by Gasteiger charge is 2.34.